The molecule has 2 fully saturated rings. The molecule has 2 aliphatic rings. The molecule has 0 bridgehead atoms. The van der Waals surface area contributed by atoms with E-state index in [2.05, 4.69) is 20.9 Å². The molecule has 1 saturated carbocycles. The van der Waals surface area contributed by atoms with Crippen LogP contribution in [0.2, 0.25) is 5.15 Å². The zero-order valence-electron chi connectivity index (χ0n) is 15.6. The first-order valence-corrected chi connectivity index (χ1v) is 10.3. The largest absolute Gasteiger partial charge is 0.496 e. The van der Waals surface area contributed by atoms with Crippen molar-refractivity contribution in [2.75, 3.05) is 26.7 Å². The fourth-order valence-electron chi connectivity index (χ4n) is 4.62. The second-order valence-corrected chi connectivity index (χ2v) is 8.12. The molecule has 26 heavy (non-hydrogen) atoms. The Hall–Kier alpha value is -1.39. The minimum Gasteiger partial charge on any atom is -0.496 e. The summed E-state index contributed by atoms with van der Waals surface area (Å²) in [7, 11) is 1.74. The zero-order chi connectivity index (χ0) is 17.9. The van der Waals surface area contributed by atoms with Gasteiger partial charge in [0.1, 0.15) is 17.2 Å². The highest BCUT2D eigenvalue weighted by atomic mass is 35.5. The molecule has 4 nitrogen and oxygen atoms in total. The van der Waals surface area contributed by atoms with Gasteiger partial charge in [-0.15, -0.1) is 0 Å². The van der Waals surface area contributed by atoms with Crippen LogP contribution >= 0.6 is 11.6 Å². The molecule has 1 aliphatic heterocycles. The van der Waals surface area contributed by atoms with Crippen molar-refractivity contribution in [1.82, 2.24) is 14.9 Å². The first-order valence-electron chi connectivity index (χ1n) is 9.97. The van der Waals surface area contributed by atoms with E-state index in [1.165, 1.54) is 76.5 Å². The lowest BCUT2D eigenvalue weighted by Crippen LogP contribution is -2.31. The van der Waals surface area contributed by atoms with E-state index in [0.717, 1.165) is 22.6 Å². The van der Waals surface area contributed by atoms with Gasteiger partial charge in [0.15, 0.2) is 0 Å². The van der Waals surface area contributed by atoms with Crippen LogP contribution in [-0.2, 0) is 0 Å². The van der Waals surface area contributed by atoms with Crippen molar-refractivity contribution in [2.24, 2.45) is 5.92 Å². The predicted octanol–water partition coefficient (Wildman–Crippen LogP) is 5.05. The van der Waals surface area contributed by atoms with E-state index in [9.17, 15) is 0 Å². The molecule has 2 unspecified atom stereocenters. The third-order valence-electron chi connectivity index (χ3n) is 6.25. The van der Waals surface area contributed by atoms with Gasteiger partial charge in [0.25, 0.3) is 0 Å². The standard InChI is InChI=1S/C21H28ClN3O/c1-26-20-13-18-19(23-14-24-21(18)22)12-17(20)16-8-7-15(16)6-5-11-25-9-3-2-4-10-25/h12-16H,2-11H2,1H3. The third kappa shape index (κ3) is 3.67. The SMILES string of the molecule is COc1cc2c(Cl)ncnc2cc1C1CCC1CCCN1CCCCC1. The summed E-state index contributed by atoms with van der Waals surface area (Å²) in [5.41, 5.74) is 2.21. The average Bonchev–Trinajstić information content (AvgIpc) is 2.65. The quantitative estimate of drug-likeness (QED) is 0.664. The van der Waals surface area contributed by atoms with Crippen LogP contribution in [0.4, 0.5) is 0 Å². The maximum Gasteiger partial charge on any atom is 0.140 e. The Bertz CT molecular complexity index is 760. The maximum atomic E-state index is 6.23. The van der Waals surface area contributed by atoms with Crippen LogP contribution in [0.3, 0.4) is 0 Å². The van der Waals surface area contributed by atoms with Crippen LogP contribution in [0.5, 0.6) is 5.75 Å². The van der Waals surface area contributed by atoms with Gasteiger partial charge in [-0.1, -0.05) is 18.0 Å². The first kappa shape index (κ1) is 18.0. The second-order valence-electron chi connectivity index (χ2n) is 7.76. The summed E-state index contributed by atoms with van der Waals surface area (Å²) in [6, 6.07) is 4.18. The minimum atomic E-state index is 0.492. The van der Waals surface area contributed by atoms with E-state index in [4.69, 9.17) is 16.3 Å². The van der Waals surface area contributed by atoms with Crippen molar-refractivity contribution in [3.63, 3.8) is 0 Å². The Morgan fingerprint density at radius 3 is 2.73 bits per heavy atom. The third-order valence-corrected chi connectivity index (χ3v) is 6.55. The van der Waals surface area contributed by atoms with E-state index in [1.807, 2.05) is 6.07 Å². The number of fused-ring (bicyclic) bond motifs is 1. The van der Waals surface area contributed by atoms with Gasteiger partial charge in [-0.3, -0.25) is 0 Å². The number of ether oxygens (including phenoxy) is 1. The van der Waals surface area contributed by atoms with E-state index in [1.54, 1.807) is 7.11 Å². The predicted molar refractivity (Wildman–Crippen MR) is 106 cm³/mol. The van der Waals surface area contributed by atoms with Crippen molar-refractivity contribution in [2.45, 2.75) is 50.9 Å². The molecule has 1 saturated heterocycles. The highest BCUT2D eigenvalue weighted by molar-refractivity contribution is 6.34. The number of piperidine rings is 1. The lowest BCUT2D eigenvalue weighted by molar-refractivity contribution is 0.191. The summed E-state index contributed by atoms with van der Waals surface area (Å²) in [5.74, 6) is 2.29. The number of likely N-dealkylation sites (tertiary alicyclic amines) is 1. The Kier molecular flexibility index (Phi) is 5.60. The van der Waals surface area contributed by atoms with Crippen LogP contribution in [0.15, 0.2) is 18.5 Å². The molecule has 5 heteroatoms. The molecule has 1 aromatic heterocycles. The Labute approximate surface area is 160 Å². The van der Waals surface area contributed by atoms with Crippen LogP contribution in [-0.4, -0.2) is 41.6 Å². The Morgan fingerprint density at radius 1 is 1.15 bits per heavy atom. The molecule has 2 heterocycles. The molecule has 0 spiro atoms. The lowest BCUT2D eigenvalue weighted by atomic mass is 9.67. The molecule has 0 N–H and O–H groups in total. The molecule has 4 rings (SSSR count). The molecule has 0 amide bonds. The first-order chi connectivity index (χ1) is 12.8. The number of nitrogens with zero attached hydrogens (tertiary/aromatic N) is 3. The molecule has 0 radical (unpaired) electrons. The number of methoxy groups -OCH3 is 1. The molecule has 2 aromatic rings. The van der Waals surface area contributed by atoms with Crippen molar-refractivity contribution >= 4 is 22.5 Å². The van der Waals surface area contributed by atoms with Crippen LogP contribution in [0.1, 0.15) is 56.4 Å². The maximum absolute atomic E-state index is 6.23. The normalized spacial score (nSPS) is 23.8. The lowest BCUT2D eigenvalue weighted by Gasteiger charge is -2.38. The zero-order valence-corrected chi connectivity index (χ0v) is 16.3. The van der Waals surface area contributed by atoms with Gasteiger partial charge < -0.3 is 9.64 Å². The van der Waals surface area contributed by atoms with Crippen molar-refractivity contribution in [1.29, 1.82) is 0 Å². The number of hydrogen-bond acceptors (Lipinski definition) is 4. The van der Waals surface area contributed by atoms with Gasteiger partial charge >= 0.3 is 0 Å². The van der Waals surface area contributed by atoms with E-state index < -0.39 is 0 Å². The highest BCUT2D eigenvalue weighted by Gasteiger charge is 2.34. The summed E-state index contributed by atoms with van der Waals surface area (Å²) < 4.78 is 5.69. The van der Waals surface area contributed by atoms with Crippen LogP contribution in [0.25, 0.3) is 10.9 Å². The molecule has 1 aliphatic carbocycles. The van der Waals surface area contributed by atoms with Crippen LogP contribution < -0.4 is 4.74 Å². The minimum absolute atomic E-state index is 0.492. The van der Waals surface area contributed by atoms with Gasteiger partial charge in [-0.05, 0) is 87.7 Å². The Morgan fingerprint density at radius 2 is 2.00 bits per heavy atom. The van der Waals surface area contributed by atoms with Gasteiger partial charge in [-0.2, -0.15) is 0 Å². The smallest absolute Gasteiger partial charge is 0.140 e. The van der Waals surface area contributed by atoms with Crippen molar-refractivity contribution in [3.05, 3.63) is 29.2 Å². The fraction of sp³-hybridized carbons (Fsp3) is 0.619. The molecular weight excluding hydrogens is 346 g/mol. The average molecular weight is 374 g/mol. The summed E-state index contributed by atoms with van der Waals surface area (Å²) in [5, 5.41) is 1.36. The molecule has 140 valence electrons. The monoisotopic (exact) mass is 373 g/mol. The summed E-state index contributed by atoms with van der Waals surface area (Å²) in [4.78, 5) is 11.1. The highest BCUT2D eigenvalue weighted by Crippen LogP contribution is 2.48. The molecular formula is C21H28ClN3O. The number of hydrogen-bond donors (Lipinski definition) is 0. The van der Waals surface area contributed by atoms with Gasteiger partial charge in [0, 0.05) is 5.39 Å². The number of benzene rings is 1. The van der Waals surface area contributed by atoms with Gasteiger partial charge in [0.2, 0.25) is 0 Å². The summed E-state index contributed by atoms with van der Waals surface area (Å²) >= 11 is 6.23. The number of aromatic nitrogens is 2. The van der Waals surface area contributed by atoms with Crippen molar-refractivity contribution < 1.29 is 4.74 Å². The second kappa shape index (κ2) is 8.10. The molecule has 2 atom stereocenters. The summed E-state index contributed by atoms with van der Waals surface area (Å²) in [6.45, 7) is 3.86. The summed E-state index contributed by atoms with van der Waals surface area (Å²) in [6.07, 6.45) is 10.9. The van der Waals surface area contributed by atoms with E-state index >= 15 is 0 Å². The number of rotatable bonds is 6. The topological polar surface area (TPSA) is 38.3 Å². The Balaban J connectivity index is 1.44. The van der Waals surface area contributed by atoms with Crippen LogP contribution in [0, 0.1) is 5.92 Å². The van der Waals surface area contributed by atoms with Gasteiger partial charge in [-0.25, -0.2) is 9.97 Å². The van der Waals surface area contributed by atoms with Crippen molar-refractivity contribution in [3.8, 4) is 5.75 Å². The van der Waals surface area contributed by atoms with Gasteiger partial charge in [0.05, 0.1) is 12.6 Å². The number of halogens is 1. The fourth-order valence-corrected chi connectivity index (χ4v) is 4.81. The van der Waals surface area contributed by atoms with E-state index in [-0.39, 0.29) is 0 Å². The van der Waals surface area contributed by atoms with E-state index in [0.29, 0.717) is 11.1 Å². The molecule has 1 aromatic carbocycles.